The van der Waals surface area contributed by atoms with Crippen molar-refractivity contribution in [3.8, 4) is 0 Å². The quantitative estimate of drug-likeness (QED) is 0.809. The minimum absolute atomic E-state index is 0.283. The molecule has 2 unspecified atom stereocenters. The highest BCUT2D eigenvalue weighted by Crippen LogP contribution is 2.32. The summed E-state index contributed by atoms with van der Waals surface area (Å²) in [5.41, 5.74) is 5.80. The second-order valence-electron chi connectivity index (χ2n) is 5.87. The molecule has 1 aliphatic rings. The van der Waals surface area contributed by atoms with Gasteiger partial charge in [0, 0.05) is 18.0 Å². The molecule has 1 fully saturated rings. The van der Waals surface area contributed by atoms with Gasteiger partial charge in [0.25, 0.3) is 0 Å². The van der Waals surface area contributed by atoms with Crippen LogP contribution in [0.4, 0.5) is 11.8 Å². The molecule has 0 aliphatic heterocycles. The Hall–Kier alpha value is -1.40. The molecule has 2 heterocycles. The van der Waals surface area contributed by atoms with Gasteiger partial charge in [-0.05, 0) is 37.7 Å². The number of hydrogen-bond donors (Lipinski definition) is 3. The zero-order valence-corrected chi connectivity index (χ0v) is 13.1. The van der Waals surface area contributed by atoms with Crippen LogP contribution in [0.15, 0.2) is 6.07 Å². The molecule has 0 bridgehead atoms. The zero-order chi connectivity index (χ0) is 14.8. The van der Waals surface area contributed by atoms with Crippen molar-refractivity contribution in [3.05, 3.63) is 10.9 Å². The van der Waals surface area contributed by atoms with Crippen LogP contribution in [0.3, 0.4) is 0 Å². The van der Waals surface area contributed by atoms with Crippen molar-refractivity contribution in [2.45, 2.75) is 32.6 Å². The molecule has 0 aromatic carbocycles. The predicted molar refractivity (Wildman–Crippen MR) is 87.6 cm³/mol. The van der Waals surface area contributed by atoms with Crippen LogP contribution in [-0.4, -0.2) is 28.2 Å². The van der Waals surface area contributed by atoms with Crippen LogP contribution in [0.2, 0.25) is 0 Å². The van der Waals surface area contributed by atoms with Crippen LogP contribution in [-0.2, 0) is 0 Å². The molecule has 5 nitrogen and oxygen atoms in total. The Morgan fingerprint density at radius 3 is 2.86 bits per heavy atom. The second kappa shape index (κ2) is 6.15. The van der Waals surface area contributed by atoms with Crippen molar-refractivity contribution >= 4 is 33.3 Å². The average Bonchev–Trinajstić information content (AvgIpc) is 2.85. The number of nitrogens with two attached hydrogens (primary N) is 1. The zero-order valence-electron chi connectivity index (χ0n) is 12.3. The van der Waals surface area contributed by atoms with Crippen LogP contribution < -0.4 is 11.1 Å². The lowest BCUT2D eigenvalue weighted by Crippen LogP contribution is -2.28. The highest BCUT2D eigenvalue weighted by atomic mass is 32.1. The van der Waals surface area contributed by atoms with Crippen molar-refractivity contribution in [2.24, 2.45) is 11.8 Å². The van der Waals surface area contributed by atoms with Crippen molar-refractivity contribution in [1.29, 1.82) is 0 Å². The number of thiophene rings is 1. The summed E-state index contributed by atoms with van der Waals surface area (Å²) in [7, 11) is 0. The first-order valence-corrected chi connectivity index (χ1v) is 8.37. The number of anilines is 2. The highest BCUT2D eigenvalue weighted by molar-refractivity contribution is 7.18. The van der Waals surface area contributed by atoms with Gasteiger partial charge < -0.3 is 16.2 Å². The maximum Gasteiger partial charge on any atom is 0.223 e. The van der Waals surface area contributed by atoms with Crippen LogP contribution in [0.25, 0.3) is 10.2 Å². The minimum atomic E-state index is 0.283. The Labute approximate surface area is 128 Å². The van der Waals surface area contributed by atoms with Crippen LogP contribution in [0.1, 0.15) is 30.6 Å². The van der Waals surface area contributed by atoms with E-state index >= 15 is 0 Å². The standard InChI is InChI=1S/C15H22N4OS/c1-9-6-12-13(18-15(16)19-14(12)21-9)17-7-10-4-2-3-5-11(10)8-20/h6,10-11,20H,2-5,7-8H2,1H3,(H3,16,17,18,19). The van der Waals surface area contributed by atoms with Gasteiger partial charge in [-0.15, -0.1) is 11.3 Å². The first-order valence-electron chi connectivity index (χ1n) is 7.55. The maximum absolute atomic E-state index is 9.51. The van der Waals surface area contributed by atoms with E-state index in [4.69, 9.17) is 5.73 Å². The van der Waals surface area contributed by atoms with Gasteiger partial charge in [0.1, 0.15) is 10.6 Å². The monoisotopic (exact) mass is 306 g/mol. The lowest BCUT2D eigenvalue weighted by Gasteiger charge is -2.30. The van der Waals surface area contributed by atoms with Crippen LogP contribution in [0.5, 0.6) is 0 Å². The van der Waals surface area contributed by atoms with Crippen molar-refractivity contribution in [2.75, 3.05) is 24.2 Å². The van der Waals surface area contributed by atoms with Gasteiger partial charge in [-0.1, -0.05) is 12.8 Å². The predicted octanol–water partition coefficient (Wildman–Crippen LogP) is 2.79. The minimum Gasteiger partial charge on any atom is -0.396 e. The third kappa shape index (κ3) is 3.11. The molecule has 2 aromatic rings. The van der Waals surface area contributed by atoms with Gasteiger partial charge in [0.05, 0.1) is 5.39 Å². The molecular formula is C15H22N4OS. The molecule has 3 rings (SSSR count). The molecule has 2 aromatic heterocycles. The molecule has 0 amide bonds. The van der Waals surface area contributed by atoms with E-state index in [1.807, 2.05) is 0 Å². The van der Waals surface area contributed by atoms with Gasteiger partial charge >= 0.3 is 0 Å². The molecule has 0 spiro atoms. The molecule has 1 aliphatic carbocycles. The molecule has 0 saturated heterocycles. The second-order valence-corrected chi connectivity index (χ2v) is 7.11. The normalized spacial score (nSPS) is 22.6. The molecule has 2 atom stereocenters. The summed E-state index contributed by atoms with van der Waals surface area (Å²) < 4.78 is 0. The Kier molecular flexibility index (Phi) is 4.26. The number of rotatable bonds is 4. The molecule has 21 heavy (non-hydrogen) atoms. The molecule has 114 valence electrons. The Morgan fingerprint density at radius 1 is 1.33 bits per heavy atom. The van der Waals surface area contributed by atoms with E-state index in [0.29, 0.717) is 17.8 Å². The average molecular weight is 306 g/mol. The van der Waals surface area contributed by atoms with Gasteiger partial charge in [-0.25, -0.2) is 4.98 Å². The highest BCUT2D eigenvalue weighted by Gasteiger charge is 2.24. The van der Waals surface area contributed by atoms with E-state index in [9.17, 15) is 5.11 Å². The van der Waals surface area contributed by atoms with E-state index in [1.54, 1.807) is 11.3 Å². The first-order chi connectivity index (χ1) is 10.2. The smallest absolute Gasteiger partial charge is 0.223 e. The number of aliphatic hydroxyl groups excluding tert-OH is 1. The van der Waals surface area contributed by atoms with E-state index in [-0.39, 0.29) is 6.61 Å². The largest absolute Gasteiger partial charge is 0.396 e. The summed E-state index contributed by atoms with van der Waals surface area (Å²) in [6.07, 6.45) is 4.78. The van der Waals surface area contributed by atoms with E-state index < -0.39 is 0 Å². The van der Waals surface area contributed by atoms with Crippen molar-refractivity contribution in [1.82, 2.24) is 9.97 Å². The van der Waals surface area contributed by atoms with Crippen molar-refractivity contribution < 1.29 is 5.11 Å². The number of aliphatic hydroxyl groups is 1. The number of nitrogens with zero attached hydrogens (tertiary/aromatic N) is 2. The molecular weight excluding hydrogens is 284 g/mol. The number of nitrogens with one attached hydrogen (secondary N) is 1. The van der Waals surface area contributed by atoms with E-state index in [1.165, 1.54) is 24.1 Å². The maximum atomic E-state index is 9.51. The number of fused-ring (bicyclic) bond motifs is 1. The lowest BCUT2D eigenvalue weighted by atomic mass is 9.79. The molecule has 0 radical (unpaired) electrons. The molecule has 1 saturated carbocycles. The summed E-state index contributed by atoms with van der Waals surface area (Å²) in [4.78, 5) is 10.8. The van der Waals surface area contributed by atoms with E-state index in [0.717, 1.165) is 29.0 Å². The number of aromatic nitrogens is 2. The fraction of sp³-hybridized carbons (Fsp3) is 0.600. The topological polar surface area (TPSA) is 84.1 Å². The molecule has 6 heteroatoms. The fourth-order valence-electron chi connectivity index (χ4n) is 3.21. The van der Waals surface area contributed by atoms with Crippen LogP contribution in [0, 0.1) is 18.8 Å². The van der Waals surface area contributed by atoms with Gasteiger partial charge in [0.15, 0.2) is 0 Å². The van der Waals surface area contributed by atoms with Gasteiger partial charge in [0.2, 0.25) is 5.95 Å². The first kappa shape index (κ1) is 14.5. The summed E-state index contributed by atoms with van der Waals surface area (Å²) in [5, 5.41) is 14.0. The Bertz CT molecular complexity index is 627. The number of aryl methyl sites for hydroxylation is 1. The van der Waals surface area contributed by atoms with Crippen LogP contribution >= 0.6 is 11.3 Å². The number of hydrogen-bond acceptors (Lipinski definition) is 6. The Balaban J connectivity index is 1.78. The molecule has 4 N–H and O–H groups in total. The Morgan fingerprint density at radius 2 is 2.10 bits per heavy atom. The fourth-order valence-corrected chi connectivity index (χ4v) is 4.10. The summed E-state index contributed by atoms with van der Waals surface area (Å²) in [5.74, 6) is 2.05. The summed E-state index contributed by atoms with van der Waals surface area (Å²) in [6.45, 7) is 3.19. The SMILES string of the molecule is Cc1cc2c(NCC3CCCCC3CO)nc(N)nc2s1. The van der Waals surface area contributed by atoms with Crippen molar-refractivity contribution in [3.63, 3.8) is 0 Å². The lowest BCUT2D eigenvalue weighted by molar-refractivity contribution is 0.141. The van der Waals surface area contributed by atoms with E-state index in [2.05, 4.69) is 28.3 Å². The third-order valence-corrected chi connectivity index (χ3v) is 5.31. The van der Waals surface area contributed by atoms with Gasteiger partial charge in [-0.2, -0.15) is 4.98 Å². The summed E-state index contributed by atoms with van der Waals surface area (Å²) >= 11 is 1.64. The third-order valence-electron chi connectivity index (χ3n) is 4.37. The summed E-state index contributed by atoms with van der Waals surface area (Å²) in [6, 6.07) is 2.10. The van der Waals surface area contributed by atoms with Gasteiger partial charge in [-0.3, -0.25) is 0 Å². The number of nitrogen functional groups attached to an aromatic ring is 1.